The number of nitrogens with zero attached hydrogens (tertiary/aromatic N) is 2. The third-order valence-corrected chi connectivity index (χ3v) is 6.90. The molecule has 1 heterocycles. The fourth-order valence-electron chi connectivity index (χ4n) is 5.50. The number of amides is 1. The van der Waals surface area contributed by atoms with Crippen LogP contribution in [0.2, 0.25) is 0 Å². The summed E-state index contributed by atoms with van der Waals surface area (Å²) in [6.07, 6.45) is 7.75. The molecule has 5 nitrogen and oxygen atoms in total. The summed E-state index contributed by atoms with van der Waals surface area (Å²) in [4.78, 5) is 17.3. The smallest absolute Gasteiger partial charge is 0.225 e. The van der Waals surface area contributed by atoms with Gasteiger partial charge in [0.1, 0.15) is 0 Å². The fraction of sp³-hybridized carbons (Fsp3) is 0.950. The van der Waals surface area contributed by atoms with Gasteiger partial charge in [0.05, 0.1) is 6.10 Å². The van der Waals surface area contributed by atoms with Gasteiger partial charge in [0.2, 0.25) is 5.91 Å². The number of halogens is 2. The first-order valence-corrected chi connectivity index (χ1v) is 10.3. The number of carbonyl (C=O) groups excluding carboxylic acids is 1. The van der Waals surface area contributed by atoms with E-state index in [1.54, 1.807) is 0 Å². The lowest BCUT2D eigenvalue weighted by molar-refractivity contribution is -0.138. The van der Waals surface area contributed by atoms with E-state index >= 15 is 0 Å². The fourth-order valence-corrected chi connectivity index (χ4v) is 5.50. The van der Waals surface area contributed by atoms with Crippen molar-refractivity contribution in [2.75, 3.05) is 33.2 Å². The van der Waals surface area contributed by atoms with Crippen molar-refractivity contribution in [3.8, 4) is 0 Å². The van der Waals surface area contributed by atoms with Crippen LogP contribution in [-0.4, -0.2) is 66.2 Å². The van der Waals surface area contributed by atoms with Gasteiger partial charge in [0, 0.05) is 32.1 Å². The van der Waals surface area contributed by atoms with Gasteiger partial charge in [-0.25, -0.2) is 0 Å². The first-order valence-electron chi connectivity index (χ1n) is 10.3. The molecule has 0 aromatic carbocycles. The standard InChI is InChI=1S/C20H37N3O2.2ClH/c1-14(24)12-23-8-6-15(7-9-23)13-22(2)20(25)18-10-16-4-3-5-17(11-18)19(16)21;;/h14-19,24H,3-13,21H2,1-2H3;2*1H. The van der Waals surface area contributed by atoms with E-state index in [9.17, 15) is 9.90 Å². The zero-order chi connectivity index (χ0) is 18.0. The van der Waals surface area contributed by atoms with Crippen LogP contribution in [0.1, 0.15) is 51.9 Å². The summed E-state index contributed by atoms with van der Waals surface area (Å²) in [7, 11) is 1.99. The van der Waals surface area contributed by atoms with Crippen molar-refractivity contribution >= 4 is 30.7 Å². The molecule has 1 saturated heterocycles. The number of carbonyl (C=O) groups is 1. The highest BCUT2D eigenvalue weighted by atomic mass is 35.5. The molecule has 0 radical (unpaired) electrons. The highest BCUT2D eigenvalue weighted by Crippen LogP contribution is 2.42. The second kappa shape index (κ2) is 11.2. The number of fused-ring (bicyclic) bond motifs is 2. The van der Waals surface area contributed by atoms with Crippen LogP contribution in [-0.2, 0) is 4.79 Å². The first kappa shape index (κ1) is 25.0. The highest BCUT2D eigenvalue weighted by Gasteiger charge is 2.41. The summed E-state index contributed by atoms with van der Waals surface area (Å²) in [5.41, 5.74) is 6.37. The number of piperidine rings is 1. The average Bonchev–Trinajstić information content (AvgIpc) is 2.55. The predicted octanol–water partition coefficient (Wildman–Crippen LogP) is 2.53. The number of aliphatic hydroxyl groups is 1. The second-order valence-electron chi connectivity index (χ2n) is 9.01. The maximum Gasteiger partial charge on any atom is 0.225 e. The number of hydrogen-bond donors (Lipinski definition) is 2. The molecule has 3 atom stereocenters. The molecule has 3 N–H and O–H groups in total. The number of aliphatic hydroxyl groups excluding tert-OH is 1. The number of β-amino-alcohol motifs (C(OH)–C–C–N with tert-alkyl or cyclic N) is 1. The SMILES string of the molecule is CC(O)CN1CCC(CN(C)C(=O)C2CC3CCCC(C2)C3N)CC1.Cl.Cl. The van der Waals surface area contributed by atoms with Crippen molar-refractivity contribution in [1.29, 1.82) is 0 Å². The largest absolute Gasteiger partial charge is 0.392 e. The second-order valence-corrected chi connectivity index (χ2v) is 9.01. The number of nitrogens with two attached hydrogens (primary N) is 1. The molecular formula is C20H39Cl2N3O2. The Hall–Kier alpha value is -0.0700. The third-order valence-electron chi connectivity index (χ3n) is 6.90. The molecule has 3 aliphatic rings. The summed E-state index contributed by atoms with van der Waals surface area (Å²) < 4.78 is 0. The van der Waals surface area contributed by atoms with Crippen molar-refractivity contribution in [2.45, 2.75) is 64.0 Å². The van der Waals surface area contributed by atoms with E-state index in [0.717, 1.165) is 51.9 Å². The Morgan fingerprint density at radius 2 is 1.70 bits per heavy atom. The predicted molar refractivity (Wildman–Crippen MR) is 115 cm³/mol. The normalized spacial score (nSPS) is 32.7. The minimum Gasteiger partial charge on any atom is -0.392 e. The van der Waals surface area contributed by atoms with Gasteiger partial charge in [-0.2, -0.15) is 0 Å². The van der Waals surface area contributed by atoms with Gasteiger partial charge >= 0.3 is 0 Å². The molecule has 7 heteroatoms. The molecule has 1 amide bonds. The molecule has 27 heavy (non-hydrogen) atoms. The van der Waals surface area contributed by atoms with Gasteiger partial charge < -0.3 is 20.6 Å². The summed E-state index contributed by atoms with van der Waals surface area (Å²) in [5.74, 6) is 2.30. The van der Waals surface area contributed by atoms with Crippen molar-refractivity contribution in [2.24, 2.45) is 29.4 Å². The van der Waals surface area contributed by atoms with Crippen LogP contribution in [0.5, 0.6) is 0 Å². The highest BCUT2D eigenvalue weighted by molar-refractivity contribution is 5.85. The summed E-state index contributed by atoms with van der Waals surface area (Å²) >= 11 is 0. The van der Waals surface area contributed by atoms with E-state index in [2.05, 4.69) is 4.90 Å². The molecule has 2 bridgehead atoms. The Kier molecular flexibility index (Phi) is 10.4. The number of rotatable bonds is 5. The monoisotopic (exact) mass is 423 g/mol. The zero-order valence-electron chi connectivity index (χ0n) is 16.9. The molecule has 1 aliphatic heterocycles. The van der Waals surface area contributed by atoms with Crippen LogP contribution in [0.15, 0.2) is 0 Å². The van der Waals surface area contributed by atoms with Crippen LogP contribution in [0.25, 0.3) is 0 Å². The Morgan fingerprint density at radius 3 is 2.22 bits per heavy atom. The van der Waals surface area contributed by atoms with Crippen LogP contribution in [0, 0.1) is 23.7 Å². The maximum absolute atomic E-state index is 13.0. The molecule has 160 valence electrons. The number of likely N-dealkylation sites (tertiary alicyclic amines) is 1. The van der Waals surface area contributed by atoms with Crippen molar-refractivity contribution in [1.82, 2.24) is 9.80 Å². The maximum atomic E-state index is 13.0. The van der Waals surface area contributed by atoms with E-state index in [0.29, 0.717) is 29.7 Å². The van der Waals surface area contributed by atoms with Gasteiger partial charge in [-0.1, -0.05) is 6.42 Å². The van der Waals surface area contributed by atoms with E-state index in [-0.39, 0.29) is 36.8 Å². The average molecular weight is 424 g/mol. The van der Waals surface area contributed by atoms with Gasteiger partial charge in [-0.3, -0.25) is 4.79 Å². The van der Waals surface area contributed by atoms with Gasteiger partial charge in [-0.15, -0.1) is 24.8 Å². The Labute approximate surface area is 177 Å². The Balaban J connectivity index is 0.00000182. The third kappa shape index (κ3) is 6.46. The minimum absolute atomic E-state index is 0. The van der Waals surface area contributed by atoms with E-state index in [1.165, 1.54) is 19.3 Å². The molecule has 0 aromatic heterocycles. The molecule has 2 aliphatic carbocycles. The van der Waals surface area contributed by atoms with Crippen molar-refractivity contribution in [3.63, 3.8) is 0 Å². The van der Waals surface area contributed by atoms with E-state index in [1.807, 2.05) is 18.9 Å². The van der Waals surface area contributed by atoms with E-state index < -0.39 is 0 Å². The van der Waals surface area contributed by atoms with Gasteiger partial charge in [0.15, 0.2) is 0 Å². The van der Waals surface area contributed by atoms with Gasteiger partial charge in [-0.05, 0) is 76.3 Å². The lowest BCUT2D eigenvalue weighted by atomic mass is 9.65. The zero-order valence-corrected chi connectivity index (χ0v) is 18.5. The van der Waals surface area contributed by atoms with Gasteiger partial charge in [0.25, 0.3) is 0 Å². The summed E-state index contributed by atoms with van der Waals surface area (Å²) in [6.45, 7) is 5.59. The first-order chi connectivity index (χ1) is 11.9. The molecule has 0 aromatic rings. The summed E-state index contributed by atoms with van der Waals surface area (Å²) in [6, 6.07) is 0.335. The topological polar surface area (TPSA) is 69.8 Å². The number of hydrogen-bond acceptors (Lipinski definition) is 4. The van der Waals surface area contributed by atoms with Crippen LogP contribution in [0.3, 0.4) is 0 Å². The van der Waals surface area contributed by atoms with E-state index in [4.69, 9.17) is 5.73 Å². The summed E-state index contributed by atoms with van der Waals surface area (Å²) in [5, 5.41) is 9.52. The van der Waals surface area contributed by atoms with Crippen LogP contribution < -0.4 is 5.73 Å². The molecule has 3 rings (SSSR count). The molecule has 0 spiro atoms. The van der Waals surface area contributed by atoms with Crippen LogP contribution in [0.4, 0.5) is 0 Å². The Morgan fingerprint density at radius 1 is 1.15 bits per heavy atom. The molecule has 3 fully saturated rings. The van der Waals surface area contributed by atoms with Crippen molar-refractivity contribution < 1.29 is 9.90 Å². The minimum atomic E-state index is -0.252. The quantitative estimate of drug-likeness (QED) is 0.712. The Bertz CT molecular complexity index is 445. The lowest BCUT2D eigenvalue weighted by Crippen LogP contribution is -2.50. The van der Waals surface area contributed by atoms with Crippen LogP contribution >= 0.6 is 24.8 Å². The molecule has 3 unspecified atom stereocenters. The lowest BCUT2D eigenvalue weighted by Gasteiger charge is -2.44. The molecular weight excluding hydrogens is 385 g/mol. The van der Waals surface area contributed by atoms with Crippen molar-refractivity contribution in [3.05, 3.63) is 0 Å². The molecule has 2 saturated carbocycles.